The van der Waals surface area contributed by atoms with Crippen molar-refractivity contribution in [3.8, 4) is 11.5 Å². The van der Waals surface area contributed by atoms with Gasteiger partial charge in [-0.3, -0.25) is 0 Å². The number of ether oxygens (including phenoxy) is 3. The van der Waals surface area contributed by atoms with E-state index in [0.717, 1.165) is 56.5 Å². The zero-order valence-corrected chi connectivity index (χ0v) is 20.2. The number of nitrogens with one attached hydrogen (secondary N) is 1. The molecule has 10 nitrogen and oxygen atoms in total. The summed E-state index contributed by atoms with van der Waals surface area (Å²) in [5, 5.41) is 3.33. The second kappa shape index (κ2) is 10.6. The van der Waals surface area contributed by atoms with E-state index in [1.165, 1.54) is 5.69 Å². The Morgan fingerprint density at radius 2 is 1.17 bits per heavy atom. The first-order valence-corrected chi connectivity index (χ1v) is 11.9. The van der Waals surface area contributed by atoms with E-state index < -0.39 is 0 Å². The number of hydrogen-bond donors (Lipinski definition) is 1. The zero-order valence-electron chi connectivity index (χ0n) is 20.2. The number of morpholine rings is 1. The average Bonchev–Trinajstić information content (AvgIpc) is 2.94. The van der Waals surface area contributed by atoms with Gasteiger partial charge in [0, 0.05) is 50.6 Å². The van der Waals surface area contributed by atoms with Crippen LogP contribution in [0.2, 0.25) is 0 Å². The molecule has 2 aliphatic rings. The summed E-state index contributed by atoms with van der Waals surface area (Å²) >= 11 is 0. The summed E-state index contributed by atoms with van der Waals surface area (Å²) in [6.45, 7) is 6.26. The van der Waals surface area contributed by atoms with Gasteiger partial charge < -0.3 is 34.2 Å². The van der Waals surface area contributed by atoms with Crippen LogP contribution >= 0.6 is 0 Å². The molecule has 3 heterocycles. The first-order valence-electron chi connectivity index (χ1n) is 11.9. The Bertz CT molecular complexity index is 1100. The van der Waals surface area contributed by atoms with Crippen LogP contribution in [0.15, 0.2) is 48.5 Å². The van der Waals surface area contributed by atoms with E-state index >= 15 is 0 Å². The molecule has 0 aliphatic carbocycles. The van der Waals surface area contributed by atoms with Gasteiger partial charge in [0.25, 0.3) is 0 Å². The van der Waals surface area contributed by atoms with Crippen molar-refractivity contribution in [3.63, 3.8) is 0 Å². The predicted molar refractivity (Wildman–Crippen MR) is 137 cm³/mol. The minimum atomic E-state index is 0.527. The third-order valence-electron chi connectivity index (χ3n) is 6.25. The van der Waals surface area contributed by atoms with Crippen LogP contribution in [0.3, 0.4) is 0 Å². The maximum Gasteiger partial charge on any atom is 0.233 e. The van der Waals surface area contributed by atoms with Crippen molar-refractivity contribution in [1.29, 1.82) is 0 Å². The van der Waals surface area contributed by atoms with E-state index in [2.05, 4.69) is 32.1 Å². The van der Waals surface area contributed by atoms with Crippen LogP contribution in [0.5, 0.6) is 11.5 Å². The molecule has 2 saturated heterocycles. The summed E-state index contributed by atoms with van der Waals surface area (Å²) in [7, 11) is 3.34. The number of aromatic nitrogens is 3. The fraction of sp³-hybridized carbons (Fsp3) is 0.400. The van der Waals surface area contributed by atoms with Crippen LogP contribution in [0.1, 0.15) is 0 Å². The van der Waals surface area contributed by atoms with E-state index in [0.29, 0.717) is 31.1 Å². The molecule has 3 aromatic rings. The van der Waals surface area contributed by atoms with Crippen LogP contribution in [0.25, 0.3) is 0 Å². The zero-order chi connectivity index (χ0) is 24.0. The Kier molecular flexibility index (Phi) is 6.99. The standard InChI is InChI=1S/C25H31N7O3/c1-33-21-7-3-19(4-8-21)26-23-27-24(29-25(28-23)32-15-17-35-18-16-32)31-13-11-30(12-14-31)20-5-9-22(34-2)10-6-20/h3-10H,11-18H2,1-2H3,(H,26,27,28,29). The number of anilines is 5. The third kappa shape index (κ3) is 5.48. The van der Waals surface area contributed by atoms with Crippen molar-refractivity contribution in [1.82, 2.24) is 15.0 Å². The lowest BCUT2D eigenvalue weighted by Crippen LogP contribution is -2.47. The second-order valence-electron chi connectivity index (χ2n) is 8.38. The molecule has 0 radical (unpaired) electrons. The second-order valence-corrected chi connectivity index (χ2v) is 8.38. The van der Waals surface area contributed by atoms with E-state index in [-0.39, 0.29) is 0 Å². The smallest absolute Gasteiger partial charge is 0.233 e. The lowest BCUT2D eigenvalue weighted by atomic mass is 10.2. The van der Waals surface area contributed by atoms with Gasteiger partial charge in [-0.2, -0.15) is 15.0 Å². The number of methoxy groups -OCH3 is 2. The quantitative estimate of drug-likeness (QED) is 0.548. The topological polar surface area (TPSA) is 88.1 Å². The normalized spacial score (nSPS) is 16.2. The summed E-state index contributed by atoms with van der Waals surface area (Å²) in [5.74, 6) is 3.55. The maximum atomic E-state index is 5.52. The minimum Gasteiger partial charge on any atom is -0.497 e. The van der Waals surface area contributed by atoms with Gasteiger partial charge in [0.05, 0.1) is 27.4 Å². The Hall–Kier alpha value is -3.79. The predicted octanol–water partition coefficient (Wildman–Crippen LogP) is 2.80. The van der Waals surface area contributed by atoms with Crippen LogP contribution in [-0.2, 0) is 4.74 Å². The molecule has 0 saturated carbocycles. The number of rotatable bonds is 7. The molecule has 0 atom stereocenters. The van der Waals surface area contributed by atoms with E-state index in [1.807, 2.05) is 36.4 Å². The molecular formula is C25H31N7O3. The van der Waals surface area contributed by atoms with Crippen LogP contribution in [-0.4, -0.2) is 81.7 Å². The molecular weight excluding hydrogens is 446 g/mol. The number of benzene rings is 2. The van der Waals surface area contributed by atoms with E-state index in [9.17, 15) is 0 Å². The van der Waals surface area contributed by atoms with Gasteiger partial charge in [-0.15, -0.1) is 0 Å². The summed E-state index contributed by atoms with van der Waals surface area (Å²) < 4.78 is 16.1. The first-order chi connectivity index (χ1) is 17.2. The van der Waals surface area contributed by atoms with Crippen LogP contribution in [0, 0.1) is 0 Å². The van der Waals surface area contributed by atoms with Gasteiger partial charge in [0.1, 0.15) is 11.5 Å². The Balaban J connectivity index is 1.34. The van der Waals surface area contributed by atoms with E-state index in [4.69, 9.17) is 29.2 Å². The van der Waals surface area contributed by atoms with Crippen molar-refractivity contribution in [2.75, 3.05) is 86.7 Å². The monoisotopic (exact) mass is 477 g/mol. The van der Waals surface area contributed by atoms with Crippen molar-refractivity contribution < 1.29 is 14.2 Å². The molecule has 184 valence electrons. The lowest BCUT2D eigenvalue weighted by Gasteiger charge is -2.36. The van der Waals surface area contributed by atoms with Crippen molar-refractivity contribution in [3.05, 3.63) is 48.5 Å². The minimum absolute atomic E-state index is 0.527. The molecule has 0 unspecified atom stereocenters. The van der Waals surface area contributed by atoms with Crippen LogP contribution in [0.4, 0.5) is 29.2 Å². The fourth-order valence-electron chi connectivity index (χ4n) is 4.22. The first kappa shape index (κ1) is 23.0. The molecule has 2 fully saturated rings. The molecule has 10 heteroatoms. The van der Waals surface area contributed by atoms with Crippen LogP contribution < -0.4 is 29.5 Å². The largest absolute Gasteiger partial charge is 0.497 e. The van der Waals surface area contributed by atoms with Gasteiger partial charge in [-0.1, -0.05) is 0 Å². The van der Waals surface area contributed by atoms with Gasteiger partial charge in [-0.05, 0) is 48.5 Å². The SMILES string of the molecule is COc1ccc(Nc2nc(N3CCOCC3)nc(N3CCN(c4ccc(OC)cc4)CC3)n2)cc1. The molecule has 0 bridgehead atoms. The summed E-state index contributed by atoms with van der Waals surface area (Å²) in [5.41, 5.74) is 2.08. The van der Waals surface area contributed by atoms with Crippen molar-refractivity contribution >= 4 is 29.2 Å². The molecule has 1 N–H and O–H groups in total. The lowest BCUT2D eigenvalue weighted by molar-refractivity contribution is 0.122. The van der Waals surface area contributed by atoms with Gasteiger partial charge in [-0.25, -0.2) is 0 Å². The highest BCUT2D eigenvalue weighted by Gasteiger charge is 2.23. The van der Waals surface area contributed by atoms with E-state index in [1.54, 1.807) is 14.2 Å². The molecule has 2 aromatic carbocycles. The summed E-state index contributed by atoms with van der Waals surface area (Å²) in [6.07, 6.45) is 0. The highest BCUT2D eigenvalue weighted by atomic mass is 16.5. The number of hydrogen-bond acceptors (Lipinski definition) is 10. The third-order valence-corrected chi connectivity index (χ3v) is 6.25. The molecule has 0 spiro atoms. The number of nitrogens with zero attached hydrogens (tertiary/aromatic N) is 6. The van der Waals surface area contributed by atoms with Gasteiger partial charge in [0.2, 0.25) is 17.8 Å². The molecule has 5 rings (SSSR count). The maximum absolute atomic E-state index is 5.52. The Labute approximate surface area is 205 Å². The van der Waals surface area contributed by atoms with Gasteiger partial charge >= 0.3 is 0 Å². The highest BCUT2D eigenvalue weighted by molar-refractivity contribution is 5.58. The fourth-order valence-corrected chi connectivity index (χ4v) is 4.22. The molecule has 2 aliphatic heterocycles. The average molecular weight is 478 g/mol. The summed E-state index contributed by atoms with van der Waals surface area (Å²) in [4.78, 5) is 21.1. The molecule has 35 heavy (non-hydrogen) atoms. The molecule has 1 aromatic heterocycles. The Morgan fingerprint density at radius 3 is 1.74 bits per heavy atom. The summed E-state index contributed by atoms with van der Waals surface area (Å²) in [6, 6.07) is 15.9. The van der Waals surface area contributed by atoms with Crippen molar-refractivity contribution in [2.24, 2.45) is 0 Å². The Morgan fingerprint density at radius 1 is 0.657 bits per heavy atom. The van der Waals surface area contributed by atoms with Gasteiger partial charge in [0.15, 0.2) is 0 Å². The van der Waals surface area contributed by atoms with Crippen molar-refractivity contribution in [2.45, 2.75) is 0 Å². The molecule has 0 amide bonds. The highest BCUT2D eigenvalue weighted by Crippen LogP contribution is 2.25. The number of piperazine rings is 1.